The molecule has 0 fully saturated rings. The SMILES string of the molecule is CC(C)CCN(C)c1ncc(F)cc1CN. The number of hydrogen-bond donors (Lipinski definition) is 1. The van der Waals surface area contributed by atoms with Gasteiger partial charge < -0.3 is 10.6 Å². The number of anilines is 1. The summed E-state index contributed by atoms with van der Waals surface area (Å²) in [5, 5.41) is 0. The number of nitrogens with zero attached hydrogens (tertiary/aromatic N) is 2. The van der Waals surface area contributed by atoms with Crippen molar-refractivity contribution < 1.29 is 4.39 Å². The lowest BCUT2D eigenvalue weighted by Crippen LogP contribution is -2.23. The number of pyridine rings is 1. The maximum absolute atomic E-state index is 13.0. The second-order valence-electron chi connectivity index (χ2n) is 4.44. The van der Waals surface area contributed by atoms with E-state index < -0.39 is 0 Å². The highest BCUT2D eigenvalue weighted by molar-refractivity contribution is 5.46. The molecule has 16 heavy (non-hydrogen) atoms. The molecular formula is C12H20FN3. The van der Waals surface area contributed by atoms with E-state index in [0.717, 1.165) is 24.3 Å². The van der Waals surface area contributed by atoms with Crippen LogP contribution in [0.25, 0.3) is 0 Å². The summed E-state index contributed by atoms with van der Waals surface area (Å²) in [6, 6.07) is 1.45. The van der Waals surface area contributed by atoms with Gasteiger partial charge in [0.25, 0.3) is 0 Å². The van der Waals surface area contributed by atoms with Crippen LogP contribution in [-0.2, 0) is 6.54 Å². The maximum Gasteiger partial charge on any atom is 0.141 e. The first-order chi connectivity index (χ1) is 7.54. The first-order valence-electron chi connectivity index (χ1n) is 5.60. The molecule has 0 radical (unpaired) electrons. The number of halogens is 1. The van der Waals surface area contributed by atoms with Gasteiger partial charge in [-0.1, -0.05) is 13.8 Å². The van der Waals surface area contributed by atoms with Crippen molar-refractivity contribution in [3.63, 3.8) is 0 Å². The van der Waals surface area contributed by atoms with Crippen molar-refractivity contribution in [2.24, 2.45) is 11.7 Å². The van der Waals surface area contributed by atoms with Crippen molar-refractivity contribution in [3.8, 4) is 0 Å². The Bertz CT molecular complexity index is 339. The molecule has 0 bridgehead atoms. The van der Waals surface area contributed by atoms with E-state index in [-0.39, 0.29) is 5.82 Å². The zero-order valence-electron chi connectivity index (χ0n) is 10.2. The third-order valence-electron chi connectivity index (χ3n) is 2.53. The Kier molecular flexibility index (Phi) is 4.68. The van der Waals surface area contributed by atoms with Gasteiger partial charge in [0.2, 0.25) is 0 Å². The fourth-order valence-electron chi connectivity index (χ4n) is 1.53. The van der Waals surface area contributed by atoms with Crippen molar-refractivity contribution in [2.45, 2.75) is 26.8 Å². The van der Waals surface area contributed by atoms with Gasteiger partial charge in [-0.2, -0.15) is 0 Å². The van der Waals surface area contributed by atoms with Crippen LogP contribution in [0.5, 0.6) is 0 Å². The van der Waals surface area contributed by atoms with Crippen molar-refractivity contribution in [3.05, 3.63) is 23.6 Å². The molecule has 3 nitrogen and oxygen atoms in total. The molecule has 2 N–H and O–H groups in total. The Labute approximate surface area is 96.5 Å². The molecule has 1 aromatic rings. The molecule has 0 aliphatic heterocycles. The van der Waals surface area contributed by atoms with Crippen LogP contribution < -0.4 is 10.6 Å². The molecule has 0 amide bonds. The van der Waals surface area contributed by atoms with E-state index in [1.165, 1.54) is 12.3 Å². The van der Waals surface area contributed by atoms with Gasteiger partial charge in [0.1, 0.15) is 11.6 Å². The average molecular weight is 225 g/mol. The molecule has 0 aromatic carbocycles. The van der Waals surface area contributed by atoms with E-state index in [1.54, 1.807) is 0 Å². The van der Waals surface area contributed by atoms with Crippen molar-refractivity contribution in [1.29, 1.82) is 0 Å². The minimum absolute atomic E-state index is 0.312. The fraction of sp³-hybridized carbons (Fsp3) is 0.583. The van der Waals surface area contributed by atoms with Crippen LogP contribution in [0.3, 0.4) is 0 Å². The average Bonchev–Trinajstić information content (AvgIpc) is 2.25. The van der Waals surface area contributed by atoms with Crippen molar-refractivity contribution in [1.82, 2.24) is 4.98 Å². The molecule has 1 heterocycles. The van der Waals surface area contributed by atoms with Gasteiger partial charge in [-0.25, -0.2) is 9.37 Å². The largest absolute Gasteiger partial charge is 0.359 e. The highest BCUT2D eigenvalue weighted by Crippen LogP contribution is 2.17. The summed E-state index contributed by atoms with van der Waals surface area (Å²) >= 11 is 0. The van der Waals surface area contributed by atoms with Gasteiger partial charge in [-0.15, -0.1) is 0 Å². The number of nitrogens with two attached hydrogens (primary N) is 1. The van der Waals surface area contributed by atoms with E-state index in [4.69, 9.17) is 5.73 Å². The Morgan fingerprint density at radius 3 is 2.75 bits per heavy atom. The minimum Gasteiger partial charge on any atom is -0.359 e. The van der Waals surface area contributed by atoms with Gasteiger partial charge in [-0.3, -0.25) is 0 Å². The summed E-state index contributed by atoms with van der Waals surface area (Å²) in [4.78, 5) is 6.13. The maximum atomic E-state index is 13.0. The predicted molar refractivity (Wildman–Crippen MR) is 64.8 cm³/mol. The van der Waals surface area contributed by atoms with E-state index in [0.29, 0.717) is 12.5 Å². The van der Waals surface area contributed by atoms with Crippen LogP contribution in [0, 0.1) is 11.7 Å². The molecule has 1 aromatic heterocycles. The quantitative estimate of drug-likeness (QED) is 0.835. The van der Waals surface area contributed by atoms with Gasteiger partial charge in [0.15, 0.2) is 0 Å². The van der Waals surface area contributed by atoms with Crippen LogP contribution >= 0.6 is 0 Å². The topological polar surface area (TPSA) is 42.2 Å². The van der Waals surface area contributed by atoms with Crippen LogP contribution in [0.2, 0.25) is 0 Å². The Balaban J connectivity index is 2.77. The summed E-state index contributed by atoms with van der Waals surface area (Å²) in [6.45, 7) is 5.57. The zero-order chi connectivity index (χ0) is 12.1. The van der Waals surface area contributed by atoms with Gasteiger partial charge in [-0.05, 0) is 18.4 Å². The van der Waals surface area contributed by atoms with E-state index in [9.17, 15) is 4.39 Å². The first-order valence-corrected chi connectivity index (χ1v) is 5.60. The molecule has 0 aliphatic carbocycles. The summed E-state index contributed by atoms with van der Waals surface area (Å²) in [5.74, 6) is 1.09. The normalized spacial score (nSPS) is 10.9. The van der Waals surface area contributed by atoms with Crippen LogP contribution in [0.4, 0.5) is 10.2 Å². The van der Waals surface area contributed by atoms with Gasteiger partial charge >= 0.3 is 0 Å². The monoisotopic (exact) mass is 225 g/mol. The van der Waals surface area contributed by atoms with E-state index in [1.807, 2.05) is 11.9 Å². The molecule has 0 spiro atoms. The van der Waals surface area contributed by atoms with E-state index in [2.05, 4.69) is 18.8 Å². The Morgan fingerprint density at radius 1 is 1.50 bits per heavy atom. The summed E-state index contributed by atoms with van der Waals surface area (Å²) in [5.41, 5.74) is 6.34. The lowest BCUT2D eigenvalue weighted by atomic mass is 10.1. The lowest BCUT2D eigenvalue weighted by Gasteiger charge is -2.21. The number of hydrogen-bond acceptors (Lipinski definition) is 3. The molecule has 1 rings (SSSR count). The van der Waals surface area contributed by atoms with Crippen LogP contribution in [0.1, 0.15) is 25.8 Å². The predicted octanol–water partition coefficient (Wildman–Crippen LogP) is 2.16. The van der Waals surface area contributed by atoms with Gasteiger partial charge in [0.05, 0.1) is 6.20 Å². The Hall–Kier alpha value is -1.16. The smallest absolute Gasteiger partial charge is 0.141 e. The molecule has 90 valence electrons. The molecule has 0 atom stereocenters. The second-order valence-corrected chi connectivity index (χ2v) is 4.44. The van der Waals surface area contributed by atoms with Crippen LogP contribution in [0.15, 0.2) is 12.3 Å². The molecule has 4 heteroatoms. The fourth-order valence-corrected chi connectivity index (χ4v) is 1.53. The van der Waals surface area contributed by atoms with Crippen molar-refractivity contribution >= 4 is 5.82 Å². The molecular weight excluding hydrogens is 205 g/mol. The standard InChI is InChI=1S/C12H20FN3/c1-9(2)4-5-16(3)12-10(7-14)6-11(13)8-15-12/h6,8-9H,4-5,7,14H2,1-3H3. The molecule has 0 unspecified atom stereocenters. The number of rotatable bonds is 5. The minimum atomic E-state index is -0.332. The highest BCUT2D eigenvalue weighted by atomic mass is 19.1. The summed E-state index contributed by atoms with van der Waals surface area (Å²) < 4.78 is 13.0. The van der Waals surface area contributed by atoms with E-state index >= 15 is 0 Å². The summed E-state index contributed by atoms with van der Waals surface area (Å²) in [7, 11) is 1.96. The molecule has 0 saturated heterocycles. The van der Waals surface area contributed by atoms with Gasteiger partial charge in [0, 0.05) is 25.7 Å². The molecule has 0 aliphatic rings. The lowest BCUT2D eigenvalue weighted by molar-refractivity contribution is 0.580. The molecule has 0 saturated carbocycles. The number of aromatic nitrogens is 1. The third kappa shape index (κ3) is 3.45. The van der Waals surface area contributed by atoms with Crippen molar-refractivity contribution in [2.75, 3.05) is 18.5 Å². The van der Waals surface area contributed by atoms with Crippen LogP contribution in [-0.4, -0.2) is 18.6 Å². The Morgan fingerprint density at radius 2 is 2.19 bits per heavy atom. The first kappa shape index (κ1) is 12.9. The second kappa shape index (κ2) is 5.80. The summed E-state index contributed by atoms with van der Waals surface area (Å²) in [6.07, 6.45) is 2.32. The highest BCUT2D eigenvalue weighted by Gasteiger charge is 2.09. The zero-order valence-corrected chi connectivity index (χ0v) is 10.2. The third-order valence-corrected chi connectivity index (χ3v) is 2.53.